The fourth-order valence-electron chi connectivity index (χ4n) is 3.96. The topological polar surface area (TPSA) is 63.1 Å². The molecular weight excluding hydrogens is 419 g/mol. The number of hydrogen-bond donors (Lipinski definition) is 2. The van der Waals surface area contributed by atoms with Gasteiger partial charge in [0.05, 0.1) is 30.6 Å². The van der Waals surface area contributed by atoms with Crippen LogP contribution in [0.1, 0.15) is 37.1 Å². The smallest absolute Gasteiger partial charge is 0.391 e. The third-order valence-corrected chi connectivity index (χ3v) is 5.48. The highest BCUT2D eigenvalue weighted by Gasteiger charge is 2.40. The van der Waals surface area contributed by atoms with Crippen LogP contribution in [0.5, 0.6) is 0 Å². The maximum atomic E-state index is 14.0. The summed E-state index contributed by atoms with van der Waals surface area (Å²) in [6.07, 6.45) is -1.59. The van der Waals surface area contributed by atoms with E-state index >= 15 is 0 Å². The lowest BCUT2D eigenvalue weighted by Crippen LogP contribution is -2.21. The highest BCUT2D eigenvalue weighted by Crippen LogP contribution is 2.46. The van der Waals surface area contributed by atoms with Crippen LogP contribution < -0.4 is 0 Å². The summed E-state index contributed by atoms with van der Waals surface area (Å²) >= 11 is 6.38. The molecule has 9 heteroatoms. The average molecular weight is 440 g/mol. The molecule has 0 radical (unpaired) electrons. The molecule has 3 heterocycles. The number of aromatic amines is 1. The van der Waals surface area contributed by atoms with Gasteiger partial charge in [0.15, 0.2) is 5.69 Å². The molecule has 2 atom stereocenters. The molecule has 2 N–H and O–H groups in total. The minimum Gasteiger partial charge on any atom is -0.391 e. The van der Waals surface area contributed by atoms with Crippen LogP contribution in [0.25, 0.3) is 22.4 Å². The molecule has 1 unspecified atom stereocenters. The van der Waals surface area contributed by atoms with Gasteiger partial charge in [-0.15, -0.1) is 0 Å². The molecule has 0 aliphatic carbocycles. The molecule has 2 aromatic heterocycles. The van der Waals surface area contributed by atoms with E-state index in [1.165, 1.54) is 13.1 Å². The zero-order valence-electron chi connectivity index (χ0n) is 16.2. The van der Waals surface area contributed by atoms with Crippen molar-refractivity contribution in [2.45, 2.75) is 44.7 Å². The van der Waals surface area contributed by atoms with Crippen LogP contribution >= 0.6 is 11.6 Å². The first kappa shape index (κ1) is 21.0. The Morgan fingerprint density at radius 1 is 1.30 bits per heavy atom. The highest BCUT2D eigenvalue weighted by atomic mass is 35.5. The lowest BCUT2D eigenvalue weighted by atomic mass is 9.94. The molecule has 0 amide bonds. The van der Waals surface area contributed by atoms with Crippen LogP contribution in [0.4, 0.5) is 13.2 Å². The van der Waals surface area contributed by atoms with Gasteiger partial charge < -0.3 is 14.8 Å². The molecule has 0 spiro atoms. The van der Waals surface area contributed by atoms with Gasteiger partial charge in [-0.2, -0.15) is 18.3 Å². The number of halogens is 4. The monoisotopic (exact) mass is 439 g/mol. The minimum absolute atomic E-state index is 0.0769. The second-order valence-electron chi connectivity index (χ2n) is 7.41. The number of alkyl halides is 3. The van der Waals surface area contributed by atoms with Gasteiger partial charge in [0.25, 0.3) is 0 Å². The molecule has 160 valence electrons. The van der Waals surface area contributed by atoms with E-state index in [-0.39, 0.29) is 18.2 Å². The number of aliphatic hydroxyl groups excluding tert-OH is 1. The van der Waals surface area contributed by atoms with Crippen molar-refractivity contribution < 1.29 is 23.0 Å². The first-order valence-electron chi connectivity index (χ1n) is 9.66. The largest absolute Gasteiger partial charge is 0.433 e. The summed E-state index contributed by atoms with van der Waals surface area (Å²) in [5, 5.41) is 14.0. The number of aromatic nitrogens is 3. The summed E-state index contributed by atoms with van der Waals surface area (Å²) in [5.74, 6) is 0. The standard InChI is InChI=1S/C21H21ClF3N3O2/c1-12(29)11-28-20(21(23,24)25)15(10-27-28)19-18(17-7-4-8-30-17)14(9-26-19)13-5-2-3-6-16(13)22/h2-3,5-6,9-10,12,17,26,29H,4,7-8,11H2,1H3/t12-,17?/m0/s1. The van der Waals surface area contributed by atoms with Crippen molar-refractivity contribution >= 4 is 11.6 Å². The van der Waals surface area contributed by atoms with Crippen LogP contribution in [-0.2, 0) is 17.5 Å². The van der Waals surface area contributed by atoms with E-state index in [0.29, 0.717) is 34.9 Å². The van der Waals surface area contributed by atoms with Gasteiger partial charge in [0.2, 0.25) is 0 Å². The Balaban J connectivity index is 1.92. The SMILES string of the molecule is C[C@H](O)Cn1ncc(-c2[nH]cc(-c3ccccc3Cl)c2C2CCCO2)c1C(F)(F)F. The van der Waals surface area contributed by atoms with Crippen LogP contribution in [0.2, 0.25) is 5.02 Å². The number of aliphatic hydroxyl groups is 1. The number of ether oxygens (including phenoxy) is 1. The van der Waals surface area contributed by atoms with Gasteiger partial charge in [0, 0.05) is 40.1 Å². The Hall–Kier alpha value is -2.29. The van der Waals surface area contributed by atoms with Crippen molar-refractivity contribution in [3.8, 4) is 22.4 Å². The minimum atomic E-state index is -4.65. The van der Waals surface area contributed by atoms with E-state index < -0.39 is 18.0 Å². The molecule has 1 saturated heterocycles. The van der Waals surface area contributed by atoms with Crippen LogP contribution in [0, 0.1) is 0 Å². The van der Waals surface area contributed by atoms with E-state index in [1.807, 2.05) is 12.1 Å². The van der Waals surface area contributed by atoms with E-state index in [2.05, 4.69) is 10.1 Å². The molecule has 0 saturated carbocycles. The van der Waals surface area contributed by atoms with E-state index in [4.69, 9.17) is 16.3 Å². The normalized spacial score (nSPS) is 18.1. The number of H-pyrrole nitrogens is 1. The highest BCUT2D eigenvalue weighted by molar-refractivity contribution is 6.33. The lowest BCUT2D eigenvalue weighted by Gasteiger charge is -2.17. The summed E-state index contributed by atoms with van der Waals surface area (Å²) in [5.41, 5.74) is 1.39. The Morgan fingerprint density at radius 3 is 2.70 bits per heavy atom. The van der Waals surface area contributed by atoms with Gasteiger partial charge in [-0.05, 0) is 25.8 Å². The lowest BCUT2D eigenvalue weighted by molar-refractivity contribution is -0.144. The summed E-state index contributed by atoms with van der Waals surface area (Å²) in [4.78, 5) is 3.02. The van der Waals surface area contributed by atoms with Crippen molar-refractivity contribution in [2.75, 3.05) is 6.61 Å². The van der Waals surface area contributed by atoms with Crippen molar-refractivity contribution in [3.63, 3.8) is 0 Å². The average Bonchev–Trinajstić information content (AvgIpc) is 3.39. The van der Waals surface area contributed by atoms with E-state index in [9.17, 15) is 18.3 Å². The van der Waals surface area contributed by atoms with Gasteiger partial charge in [-0.25, -0.2) is 0 Å². The zero-order valence-corrected chi connectivity index (χ0v) is 17.0. The van der Waals surface area contributed by atoms with E-state index in [1.54, 1.807) is 18.3 Å². The fourth-order valence-corrected chi connectivity index (χ4v) is 4.19. The van der Waals surface area contributed by atoms with Crippen LogP contribution in [0.3, 0.4) is 0 Å². The fraction of sp³-hybridized carbons (Fsp3) is 0.381. The molecule has 5 nitrogen and oxygen atoms in total. The summed E-state index contributed by atoms with van der Waals surface area (Å²) in [6.45, 7) is 1.70. The van der Waals surface area contributed by atoms with Crippen molar-refractivity contribution in [3.05, 3.63) is 52.9 Å². The predicted octanol–water partition coefficient (Wildman–Crippen LogP) is 5.45. The third-order valence-electron chi connectivity index (χ3n) is 5.15. The van der Waals surface area contributed by atoms with Gasteiger partial charge in [-0.3, -0.25) is 4.68 Å². The maximum absolute atomic E-state index is 14.0. The first-order valence-corrected chi connectivity index (χ1v) is 10.0. The number of benzene rings is 1. The number of rotatable bonds is 5. The second kappa shape index (κ2) is 8.09. The van der Waals surface area contributed by atoms with Crippen molar-refractivity contribution in [2.24, 2.45) is 0 Å². The third kappa shape index (κ3) is 3.87. The molecular formula is C21H21ClF3N3O2. The Labute approximate surface area is 176 Å². The molecule has 1 fully saturated rings. The molecule has 4 rings (SSSR count). The summed E-state index contributed by atoms with van der Waals surface area (Å²) in [7, 11) is 0. The van der Waals surface area contributed by atoms with Gasteiger partial charge >= 0.3 is 6.18 Å². The Morgan fingerprint density at radius 2 is 2.07 bits per heavy atom. The number of nitrogens with one attached hydrogen (secondary N) is 1. The first-order chi connectivity index (χ1) is 14.3. The molecule has 1 aromatic carbocycles. The maximum Gasteiger partial charge on any atom is 0.433 e. The number of hydrogen-bond acceptors (Lipinski definition) is 3. The van der Waals surface area contributed by atoms with Crippen LogP contribution in [0.15, 0.2) is 36.7 Å². The zero-order chi connectivity index (χ0) is 21.5. The quantitative estimate of drug-likeness (QED) is 0.555. The predicted molar refractivity (Wildman–Crippen MR) is 107 cm³/mol. The summed E-state index contributed by atoms with van der Waals surface area (Å²) < 4.78 is 48.6. The van der Waals surface area contributed by atoms with E-state index in [0.717, 1.165) is 16.7 Å². The molecule has 1 aliphatic heterocycles. The van der Waals surface area contributed by atoms with Crippen LogP contribution in [-0.4, -0.2) is 32.6 Å². The molecule has 30 heavy (non-hydrogen) atoms. The second-order valence-corrected chi connectivity index (χ2v) is 7.82. The van der Waals surface area contributed by atoms with Gasteiger partial charge in [0.1, 0.15) is 0 Å². The molecule has 0 bridgehead atoms. The van der Waals surface area contributed by atoms with Crippen molar-refractivity contribution in [1.29, 1.82) is 0 Å². The number of nitrogens with zero attached hydrogens (tertiary/aromatic N) is 2. The molecule has 3 aromatic rings. The van der Waals surface area contributed by atoms with Crippen molar-refractivity contribution in [1.82, 2.24) is 14.8 Å². The molecule has 1 aliphatic rings. The summed E-state index contributed by atoms with van der Waals surface area (Å²) in [6, 6.07) is 7.20. The Bertz CT molecular complexity index is 1040. The Kier molecular flexibility index (Phi) is 5.65. The van der Waals surface area contributed by atoms with Gasteiger partial charge in [-0.1, -0.05) is 29.8 Å².